The van der Waals surface area contributed by atoms with Gasteiger partial charge in [-0.05, 0) is 51.0 Å². The fraction of sp³-hybridized carbons (Fsp3) is 0.500. The Labute approximate surface area is 151 Å². The third kappa shape index (κ3) is 3.35. The monoisotopic (exact) mass is 361 g/mol. The lowest BCUT2D eigenvalue weighted by atomic mass is 9.96. The highest BCUT2D eigenvalue weighted by molar-refractivity contribution is 6.30. The predicted molar refractivity (Wildman–Crippen MR) is 91.8 cm³/mol. The molecule has 2 aromatic rings. The van der Waals surface area contributed by atoms with Crippen molar-refractivity contribution in [2.45, 2.75) is 44.1 Å². The van der Waals surface area contributed by atoms with Crippen LogP contribution in [0, 0.1) is 0 Å². The van der Waals surface area contributed by atoms with Crippen LogP contribution in [0.3, 0.4) is 0 Å². The topological polar surface area (TPSA) is 68.5 Å². The normalized spacial score (nSPS) is 18.1. The number of rotatable bonds is 5. The zero-order valence-corrected chi connectivity index (χ0v) is 15.0. The average molecular weight is 362 g/mol. The van der Waals surface area contributed by atoms with Gasteiger partial charge in [0.05, 0.1) is 5.92 Å². The van der Waals surface area contributed by atoms with Gasteiger partial charge < -0.3 is 14.2 Å². The first-order valence-corrected chi connectivity index (χ1v) is 8.87. The minimum Gasteiger partial charge on any atom is -0.478 e. The summed E-state index contributed by atoms with van der Waals surface area (Å²) in [4.78, 5) is 19.0. The van der Waals surface area contributed by atoms with E-state index in [1.54, 1.807) is 43.0 Å². The lowest BCUT2D eigenvalue weighted by Gasteiger charge is -2.41. The highest BCUT2D eigenvalue weighted by Crippen LogP contribution is 2.39. The summed E-state index contributed by atoms with van der Waals surface area (Å²) < 4.78 is 11.2. The van der Waals surface area contributed by atoms with Crippen LogP contribution in [0.5, 0.6) is 5.75 Å². The van der Waals surface area contributed by atoms with Gasteiger partial charge in [0, 0.05) is 24.0 Å². The molecule has 1 aromatic heterocycles. The number of hydrogen-bond acceptors (Lipinski definition) is 5. The van der Waals surface area contributed by atoms with E-state index >= 15 is 0 Å². The van der Waals surface area contributed by atoms with E-state index in [0.29, 0.717) is 35.7 Å². The van der Waals surface area contributed by atoms with Crippen LogP contribution < -0.4 is 4.74 Å². The Morgan fingerprint density at radius 2 is 1.92 bits per heavy atom. The molecule has 1 saturated carbocycles. The molecule has 2 aliphatic rings. The number of aromatic nitrogens is 2. The van der Waals surface area contributed by atoms with Gasteiger partial charge in [0.1, 0.15) is 5.75 Å². The second kappa shape index (κ2) is 6.02. The molecule has 1 aromatic carbocycles. The molecule has 0 atom stereocenters. The van der Waals surface area contributed by atoms with Gasteiger partial charge in [-0.15, -0.1) is 0 Å². The standard InChI is InChI=1S/C18H20ClN3O3/c1-18(2,24-14-7-5-13(19)6-8-14)17(23)22-9-12(10-22)16-20-15(21-25-16)11-3-4-11/h5-8,11-12H,3-4,9-10H2,1-2H3. The average Bonchev–Trinajstić information content (AvgIpc) is 3.27. The summed E-state index contributed by atoms with van der Waals surface area (Å²) in [5, 5.41) is 4.67. The van der Waals surface area contributed by atoms with Crippen LogP contribution in [-0.4, -0.2) is 39.6 Å². The van der Waals surface area contributed by atoms with Crippen LogP contribution in [0.2, 0.25) is 5.02 Å². The zero-order chi connectivity index (χ0) is 17.6. The van der Waals surface area contributed by atoms with Gasteiger partial charge in [-0.1, -0.05) is 16.8 Å². The van der Waals surface area contributed by atoms with E-state index in [2.05, 4.69) is 10.1 Å². The molecule has 25 heavy (non-hydrogen) atoms. The molecular weight excluding hydrogens is 342 g/mol. The second-order valence-corrected chi connectivity index (χ2v) is 7.67. The molecule has 1 saturated heterocycles. The maximum absolute atomic E-state index is 12.7. The molecule has 132 valence electrons. The van der Waals surface area contributed by atoms with Crippen LogP contribution >= 0.6 is 11.6 Å². The number of carbonyl (C=O) groups excluding carboxylic acids is 1. The molecule has 0 radical (unpaired) electrons. The molecule has 4 rings (SSSR count). The fourth-order valence-electron chi connectivity index (χ4n) is 2.94. The summed E-state index contributed by atoms with van der Waals surface area (Å²) in [6.07, 6.45) is 2.29. The minimum absolute atomic E-state index is 0.0550. The van der Waals surface area contributed by atoms with E-state index in [1.807, 2.05) is 0 Å². The Hall–Kier alpha value is -2.08. The van der Waals surface area contributed by atoms with Crippen molar-refractivity contribution in [3.8, 4) is 5.75 Å². The van der Waals surface area contributed by atoms with Gasteiger partial charge >= 0.3 is 0 Å². The van der Waals surface area contributed by atoms with Crippen molar-refractivity contribution < 1.29 is 14.1 Å². The van der Waals surface area contributed by atoms with E-state index in [0.717, 1.165) is 18.7 Å². The smallest absolute Gasteiger partial charge is 0.266 e. The quantitative estimate of drug-likeness (QED) is 0.816. The molecular formula is C18H20ClN3O3. The first-order chi connectivity index (χ1) is 11.9. The maximum Gasteiger partial charge on any atom is 0.266 e. The molecule has 2 heterocycles. The number of hydrogen-bond donors (Lipinski definition) is 0. The molecule has 2 fully saturated rings. The molecule has 0 unspecified atom stereocenters. The van der Waals surface area contributed by atoms with E-state index in [1.165, 1.54) is 0 Å². The molecule has 0 spiro atoms. The Kier molecular flexibility index (Phi) is 3.95. The largest absolute Gasteiger partial charge is 0.478 e. The molecule has 1 amide bonds. The molecule has 0 bridgehead atoms. The van der Waals surface area contributed by atoms with Crippen LogP contribution in [0.4, 0.5) is 0 Å². The number of nitrogens with zero attached hydrogens (tertiary/aromatic N) is 3. The van der Waals surface area contributed by atoms with Crippen LogP contribution in [0.15, 0.2) is 28.8 Å². The number of likely N-dealkylation sites (tertiary alicyclic amines) is 1. The Morgan fingerprint density at radius 1 is 1.24 bits per heavy atom. The van der Waals surface area contributed by atoms with Crippen molar-refractivity contribution in [1.29, 1.82) is 0 Å². The number of carbonyl (C=O) groups is 1. The molecule has 1 aliphatic carbocycles. The SMILES string of the molecule is CC(C)(Oc1ccc(Cl)cc1)C(=O)N1CC(c2nc(C3CC3)no2)C1. The van der Waals surface area contributed by atoms with Gasteiger partial charge in [-0.3, -0.25) is 4.79 Å². The maximum atomic E-state index is 12.7. The summed E-state index contributed by atoms with van der Waals surface area (Å²) >= 11 is 5.88. The Balaban J connectivity index is 1.35. The Bertz CT molecular complexity index is 777. The highest BCUT2D eigenvalue weighted by atomic mass is 35.5. The van der Waals surface area contributed by atoms with Crippen molar-refractivity contribution in [3.63, 3.8) is 0 Å². The van der Waals surface area contributed by atoms with Gasteiger partial charge in [-0.25, -0.2) is 0 Å². The Morgan fingerprint density at radius 3 is 2.56 bits per heavy atom. The lowest BCUT2D eigenvalue weighted by Crippen LogP contribution is -2.57. The molecule has 7 heteroatoms. The zero-order valence-electron chi connectivity index (χ0n) is 14.2. The van der Waals surface area contributed by atoms with Crippen LogP contribution in [-0.2, 0) is 4.79 Å². The van der Waals surface area contributed by atoms with Crippen LogP contribution in [0.25, 0.3) is 0 Å². The minimum atomic E-state index is -0.952. The highest BCUT2D eigenvalue weighted by Gasteiger charge is 2.43. The molecule has 6 nitrogen and oxygen atoms in total. The fourth-order valence-corrected chi connectivity index (χ4v) is 3.07. The van der Waals surface area contributed by atoms with E-state index < -0.39 is 5.60 Å². The van der Waals surface area contributed by atoms with E-state index in [-0.39, 0.29) is 11.8 Å². The summed E-state index contributed by atoms with van der Waals surface area (Å²) in [7, 11) is 0. The van der Waals surface area contributed by atoms with Crippen molar-refractivity contribution in [2.24, 2.45) is 0 Å². The van der Waals surface area contributed by atoms with Gasteiger partial charge in [-0.2, -0.15) is 4.98 Å². The second-order valence-electron chi connectivity index (χ2n) is 7.24. The number of halogens is 1. The third-order valence-electron chi connectivity index (χ3n) is 4.62. The van der Waals surface area contributed by atoms with E-state index in [9.17, 15) is 4.79 Å². The third-order valence-corrected chi connectivity index (χ3v) is 4.87. The summed E-state index contributed by atoms with van der Waals surface area (Å²) in [6, 6.07) is 7.00. The lowest BCUT2D eigenvalue weighted by molar-refractivity contribution is -0.150. The van der Waals surface area contributed by atoms with E-state index in [4.69, 9.17) is 20.9 Å². The summed E-state index contributed by atoms with van der Waals surface area (Å²) in [5.74, 6) is 2.61. The molecule has 0 N–H and O–H groups in total. The number of benzene rings is 1. The van der Waals surface area contributed by atoms with Crippen molar-refractivity contribution in [3.05, 3.63) is 41.0 Å². The summed E-state index contributed by atoms with van der Waals surface area (Å²) in [6.45, 7) is 4.71. The first kappa shape index (κ1) is 16.4. The predicted octanol–water partition coefficient (Wildman–Crippen LogP) is 3.38. The summed E-state index contributed by atoms with van der Waals surface area (Å²) in [5.41, 5.74) is -0.952. The first-order valence-electron chi connectivity index (χ1n) is 8.50. The molecule has 1 aliphatic heterocycles. The number of ether oxygens (including phenoxy) is 1. The number of amides is 1. The van der Waals surface area contributed by atoms with Crippen molar-refractivity contribution in [1.82, 2.24) is 15.0 Å². The van der Waals surface area contributed by atoms with Gasteiger partial charge in [0.2, 0.25) is 5.89 Å². The van der Waals surface area contributed by atoms with Crippen molar-refractivity contribution >= 4 is 17.5 Å². The van der Waals surface area contributed by atoms with Gasteiger partial charge in [0.15, 0.2) is 11.4 Å². The van der Waals surface area contributed by atoms with Crippen LogP contribution in [0.1, 0.15) is 50.2 Å². The van der Waals surface area contributed by atoms with Gasteiger partial charge in [0.25, 0.3) is 5.91 Å². The van der Waals surface area contributed by atoms with Crippen molar-refractivity contribution in [2.75, 3.05) is 13.1 Å².